The fourth-order valence-electron chi connectivity index (χ4n) is 5.93. The van der Waals surface area contributed by atoms with E-state index in [1.54, 1.807) is 0 Å². The van der Waals surface area contributed by atoms with Gasteiger partial charge in [0.2, 0.25) is 0 Å². The van der Waals surface area contributed by atoms with Crippen molar-refractivity contribution in [1.82, 2.24) is 14.9 Å². The number of hydrogen-bond acceptors (Lipinski definition) is 3. The highest BCUT2D eigenvalue weighted by molar-refractivity contribution is 5.89. The zero-order valence-corrected chi connectivity index (χ0v) is 21.6. The Morgan fingerprint density at radius 2 is 1.81 bits per heavy atom. The maximum Gasteiger partial charge on any atom is 0.0486 e. The molecule has 0 amide bonds. The largest absolute Gasteiger partial charge is 0.344 e. The lowest BCUT2D eigenvalue weighted by molar-refractivity contribution is 0.360. The number of pyridine rings is 1. The highest BCUT2D eigenvalue weighted by Gasteiger charge is 2.24. The van der Waals surface area contributed by atoms with E-state index in [9.17, 15) is 0 Å². The van der Waals surface area contributed by atoms with Crippen LogP contribution in [-0.2, 0) is 0 Å². The molecule has 1 saturated carbocycles. The van der Waals surface area contributed by atoms with Gasteiger partial charge in [0.25, 0.3) is 0 Å². The van der Waals surface area contributed by atoms with Crippen molar-refractivity contribution in [2.45, 2.75) is 63.8 Å². The number of aromatic nitrogens is 2. The molecule has 1 aliphatic carbocycles. The summed E-state index contributed by atoms with van der Waals surface area (Å²) in [5.74, 6) is 0.343. The first kappa shape index (κ1) is 24.7. The molecule has 0 spiro atoms. The fraction of sp³-hybridized carbons (Fsp3) is 0.406. The van der Waals surface area contributed by atoms with Crippen molar-refractivity contribution in [3.05, 3.63) is 89.9 Å². The third-order valence-corrected chi connectivity index (χ3v) is 7.83. The molecule has 0 radical (unpaired) electrons. The van der Waals surface area contributed by atoms with Crippen LogP contribution in [0.4, 0.5) is 0 Å². The van der Waals surface area contributed by atoms with E-state index < -0.39 is 0 Å². The van der Waals surface area contributed by atoms with E-state index in [0.29, 0.717) is 12.0 Å². The summed E-state index contributed by atoms with van der Waals surface area (Å²) < 4.78 is 2.62. The van der Waals surface area contributed by atoms with E-state index in [1.807, 2.05) is 12.4 Å². The Morgan fingerprint density at radius 3 is 2.58 bits per heavy atom. The average molecular weight is 481 g/mol. The minimum atomic E-state index is 0.343. The summed E-state index contributed by atoms with van der Waals surface area (Å²) in [6, 6.07) is 21.0. The van der Waals surface area contributed by atoms with Crippen LogP contribution in [0.2, 0.25) is 0 Å². The average Bonchev–Trinajstić information content (AvgIpc) is 3.30. The lowest BCUT2D eigenvalue weighted by Crippen LogP contribution is -2.21. The van der Waals surface area contributed by atoms with Gasteiger partial charge in [-0.2, -0.15) is 0 Å². The molecule has 0 aliphatic heterocycles. The Morgan fingerprint density at radius 1 is 0.972 bits per heavy atom. The highest BCUT2D eigenvalue weighted by Crippen LogP contribution is 2.40. The van der Waals surface area contributed by atoms with Crippen LogP contribution in [0, 0.1) is 6.92 Å². The van der Waals surface area contributed by atoms with Gasteiger partial charge in [0, 0.05) is 41.5 Å². The van der Waals surface area contributed by atoms with Gasteiger partial charge in [0.1, 0.15) is 0 Å². The van der Waals surface area contributed by atoms with Crippen molar-refractivity contribution in [2.24, 2.45) is 5.73 Å². The summed E-state index contributed by atoms with van der Waals surface area (Å²) >= 11 is 0. The van der Waals surface area contributed by atoms with Gasteiger partial charge in [-0.05, 0) is 98.8 Å². The first-order chi connectivity index (χ1) is 17.7. The van der Waals surface area contributed by atoms with Crippen molar-refractivity contribution in [1.29, 1.82) is 0 Å². The van der Waals surface area contributed by atoms with Gasteiger partial charge in [-0.3, -0.25) is 4.98 Å². The highest BCUT2D eigenvalue weighted by atomic mass is 15.0. The Hall–Kier alpha value is -2.95. The number of nitrogens with zero attached hydrogens (tertiary/aromatic N) is 2. The molecule has 4 nitrogen and oxygen atoms in total. The van der Waals surface area contributed by atoms with E-state index >= 15 is 0 Å². The molecule has 1 fully saturated rings. The summed E-state index contributed by atoms with van der Waals surface area (Å²) in [7, 11) is 0. The van der Waals surface area contributed by atoms with E-state index in [1.165, 1.54) is 70.8 Å². The lowest BCUT2D eigenvalue weighted by Gasteiger charge is -2.24. The summed E-state index contributed by atoms with van der Waals surface area (Å²) in [5.41, 5.74) is 13.8. The monoisotopic (exact) mass is 480 g/mol. The molecular weight excluding hydrogens is 440 g/mol. The molecular formula is C32H40N4. The molecule has 0 saturated heterocycles. The summed E-state index contributed by atoms with van der Waals surface area (Å²) in [5, 5.41) is 5.02. The molecule has 2 aromatic carbocycles. The topological polar surface area (TPSA) is 55.9 Å². The third kappa shape index (κ3) is 5.55. The minimum Gasteiger partial charge on any atom is -0.344 e. The molecule has 1 atom stereocenters. The number of hydrogen-bond donors (Lipinski definition) is 2. The zero-order chi connectivity index (χ0) is 24.7. The Bertz CT molecular complexity index is 1250. The van der Waals surface area contributed by atoms with E-state index in [2.05, 4.69) is 82.6 Å². The van der Waals surface area contributed by atoms with Crippen LogP contribution >= 0.6 is 0 Å². The van der Waals surface area contributed by atoms with Gasteiger partial charge in [-0.25, -0.2) is 0 Å². The predicted octanol–water partition coefficient (Wildman–Crippen LogP) is 6.98. The van der Waals surface area contributed by atoms with E-state index in [4.69, 9.17) is 5.73 Å². The molecule has 188 valence electrons. The van der Waals surface area contributed by atoms with Crippen LogP contribution in [0.3, 0.4) is 0 Å². The molecule has 2 aromatic heterocycles. The van der Waals surface area contributed by atoms with Gasteiger partial charge >= 0.3 is 0 Å². The normalized spacial score (nSPS) is 15.4. The first-order valence-corrected chi connectivity index (χ1v) is 13.8. The number of fused-ring (bicyclic) bond motifs is 1. The predicted molar refractivity (Wildman–Crippen MR) is 151 cm³/mol. The third-order valence-electron chi connectivity index (χ3n) is 7.83. The van der Waals surface area contributed by atoms with Crippen molar-refractivity contribution < 1.29 is 0 Å². The van der Waals surface area contributed by atoms with Crippen molar-refractivity contribution in [3.63, 3.8) is 0 Å². The molecule has 1 unspecified atom stereocenters. The van der Waals surface area contributed by atoms with Crippen molar-refractivity contribution in [2.75, 3.05) is 19.6 Å². The summed E-state index contributed by atoms with van der Waals surface area (Å²) in [6.45, 7) is 4.90. The Labute approximate surface area is 215 Å². The number of nitrogens with one attached hydrogen (secondary N) is 1. The molecule has 4 aromatic rings. The lowest BCUT2D eigenvalue weighted by atomic mass is 9.87. The van der Waals surface area contributed by atoms with Gasteiger partial charge < -0.3 is 15.6 Å². The van der Waals surface area contributed by atoms with Crippen LogP contribution in [0.1, 0.15) is 73.6 Å². The van der Waals surface area contributed by atoms with Crippen LogP contribution in [0.5, 0.6) is 0 Å². The maximum atomic E-state index is 5.72. The zero-order valence-electron chi connectivity index (χ0n) is 21.6. The molecule has 3 N–H and O–H groups in total. The van der Waals surface area contributed by atoms with E-state index in [0.717, 1.165) is 32.5 Å². The van der Waals surface area contributed by atoms with Gasteiger partial charge in [-0.1, -0.05) is 55.2 Å². The number of rotatable bonds is 10. The van der Waals surface area contributed by atoms with Gasteiger partial charge in [-0.15, -0.1) is 0 Å². The minimum absolute atomic E-state index is 0.343. The summed E-state index contributed by atoms with van der Waals surface area (Å²) in [6.07, 6.45) is 15.0. The van der Waals surface area contributed by atoms with E-state index in [-0.39, 0.29) is 0 Å². The molecule has 5 rings (SSSR count). The molecule has 0 bridgehead atoms. The van der Waals surface area contributed by atoms with Crippen LogP contribution in [-0.4, -0.2) is 29.2 Å². The molecule has 4 heteroatoms. The quantitative estimate of drug-likeness (QED) is 0.241. The molecule has 36 heavy (non-hydrogen) atoms. The van der Waals surface area contributed by atoms with Gasteiger partial charge in [0.05, 0.1) is 0 Å². The number of benzene rings is 2. The van der Waals surface area contributed by atoms with Crippen LogP contribution in [0.25, 0.3) is 22.0 Å². The van der Waals surface area contributed by atoms with Crippen molar-refractivity contribution >= 4 is 10.9 Å². The fourth-order valence-corrected chi connectivity index (χ4v) is 5.93. The van der Waals surface area contributed by atoms with Crippen molar-refractivity contribution in [3.8, 4) is 11.1 Å². The second-order valence-electron chi connectivity index (χ2n) is 10.4. The second kappa shape index (κ2) is 11.9. The molecule has 1 aliphatic rings. The standard InChI is InChI=1S/C32H40N4/c1-24-7-5-8-27(21-24)29(15-20-34-17-6-16-33)31-23-36(28-9-3-2-4-10-28)32-12-11-26(22-30(31)32)25-13-18-35-19-14-25/h5,7-8,11-14,18-19,21-23,28-29,34H,2-4,6,9-10,15-17,20,33H2,1H3. The number of aryl methyl sites for hydroxylation is 1. The summed E-state index contributed by atoms with van der Waals surface area (Å²) in [4.78, 5) is 4.23. The smallest absolute Gasteiger partial charge is 0.0486 e. The molecule has 2 heterocycles. The first-order valence-electron chi connectivity index (χ1n) is 13.8. The SMILES string of the molecule is Cc1cccc(C(CCNCCCN)c2cn(C3CCCCC3)c3ccc(-c4ccncc4)cc23)c1. The Balaban J connectivity index is 1.60. The Kier molecular flexibility index (Phi) is 8.15. The maximum absolute atomic E-state index is 5.72. The van der Waals surface area contributed by atoms with Crippen LogP contribution in [0.15, 0.2) is 73.2 Å². The second-order valence-corrected chi connectivity index (χ2v) is 10.4. The van der Waals surface area contributed by atoms with Gasteiger partial charge in [0.15, 0.2) is 0 Å². The van der Waals surface area contributed by atoms with Crippen LogP contribution < -0.4 is 11.1 Å². The number of nitrogens with two attached hydrogens (primary N) is 1.